The van der Waals surface area contributed by atoms with Crippen LogP contribution in [0, 0.1) is 0 Å². The molecule has 16 heavy (non-hydrogen) atoms. The van der Waals surface area contributed by atoms with Crippen molar-refractivity contribution in [3.8, 4) is 0 Å². The molecule has 0 radical (unpaired) electrons. The average molecular weight is 219 g/mol. The van der Waals surface area contributed by atoms with Crippen LogP contribution in [0.5, 0.6) is 0 Å². The number of nitrogens with two attached hydrogens (primary N) is 1. The topological polar surface area (TPSA) is 46.2 Å². The maximum absolute atomic E-state index is 9.91. The van der Waals surface area contributed by atoms with Gasteiger partial charge >= 0.3 is 0 Å². The van der Waals surface area contributed by atoms with Gasteiger partial charge in [0.1, 0.15) is 0 Å². The quantitative estimate of drug-likeness (QED) is 0.419. The number of hydrogen-bond donors (Lipinski definition) is 2. The highest BCUT2D eigenvalue weighted by molar-refractivity contribution is 5.39. The van der Waals surface area contributed by atoms with Crippen molar-refractivity contribution in [2.24, 2.45) is 0 Å². The normalized spacial score (nSPS) is 12.3. The molecule has 88 valence electrons. The van der Waals surface area contributed by atoms with E-state index in [1.54, 1.807) is 0 Å². The van der Waals surface area contributed by atoms with Crippen molar-refractivity contribution in [3.63, 3.8) is 0 Å². The van der Waals surface area contributed by atoms with E-state index in [9.17, 15) is 5.11 Å². The molecule has 1 atom stereocenters. The third kappa shape index (κ3) is 4.49. The van der Waals surface area contributed by atoms with E-state index in [1.165, 1.54) is 0 Å². The van der Waals surface area contributed by atoms with E-state index in [0.29, 0.717) is 0 Å². The Bertz CT molecular complexity index is 305. The molecule has 1 aromatic carbocycles. The third-order valence-corrected chi connectivity index (χ3v) is 2.71. The summed E-state index contributed by atoms with van der Waals surface area (Å²) >= 11 is 0. The van der Waals surface area contributed by atoms with Gasteiger partial charge in [0.05, 0.1) is 6.10 Å². The first-order chi connectivity index (χ1) is 7.74. The molecule has 0 saturated heterocycles. The molecule has 0 aliphatic carbocycles. The minimum absolute atomic E-state index is 0.357. The number of anilines is 1. The van der Waals surface area contributed by atoms with Gasteiger partial charge in [-0.2, -0.15) is 0 Å². The zero-order valence-electron chi connectivity index (χ0n) is 9.73. The highest BCUT2D eigenvalue weighted by Gasteiger charge is 2.06. The van der Waals surface area contributed by atoms with E-state index < -0.39 is 0 Å². The Hall–Kier alpha value is -1.28. The zero-order chi connectivity index (χ0) is 11.8. The lowest BCUT2D eigenvalue weighted by atomic mass is 10.0. The first kappa shape index (κ1) is 12.8. The molecule has 0 amide bonds. The van der Waals surface area contributed by atoms with Crippen LogP contribution >= 0.6 is 0 Å². The monoisotopic (exact) mass is 219 g/mol. The van der Waals surface area contributed by atoms with Crippen LogP contribution in [0.2, 0.25) is 0 Å². The maximum atomic E-state index is 9.91. The van der Waals surface area contributed by atoms with Gasteiger partial charge < -0.3 is 10.8 Å². The molecule has 0 saturated carbocycles. The number of unbranched alkanes of at least 4 members (excludes halogenated alkanes) is 3. The Morgan fingerprint density at radius 2 is 1.88 bits per heavy atom. The summed E-state index contributed by atoms with van der Waals surface area (Å²) in [7, 11) is 0. The number of hydrogen-bond acceptors (Lipinski definition) is 2. The fourth-order valence-corrected chi connectivity index (χ4v) is 1.69. The molecule has 0 aliphatic rings. The Labute approximate surface area is 97.8 Å². The number of aliphatic hydroxyl groups excluding tert-OH is 1. The lowest BCUT2D eigenvalue weighted by Gasteiger charge is -2.10. The molecule has 2 heteroatoms. The number of aliphatic hydroxyl groups is 1. The van der Waals surface area contributed by atoms with Crippen LogP contribution in [-0.4, -0.2) is 5.11 Å². The Morgan fingerprint density at radius 1 is 1.19 bits per heavy atom. The van der Waals surface area contributed by atoms with Crippen LogP contribution in [0.3, 0.4) is 0 Å². The molecule has 1 unspecified atom stereocenters. The second-order valence-corrected chi connectivity index (χ2v) is 4.11. The number of allylic oxidation sites excluding steroid dienone is 1. The Balaban J connectivity index is 2.26. The standard InChI is InChI=1S/C14H21NO/c1-2-3-4-5-6-7-14(16)12-8-10-13(15)11-9-12/h2,8-11,14,16H,1,3-7,15H2. The number of benzene rings is 1. The van der Waals surface area contributed by atoms with Gasteiger partial charge in [0.15, 0.2) is 0 Å². The van der Waals surface area contributed by atoms with Crippen molar-refractivity contribution in [2.45, 2.75) is 38.2 Å². The van der Waals surface area contributed by atoms with Crippen LogP contribution in [0.4, 0.5) is 5.69 Å². The molecule has 1 aromatic rings. The van der Waals surface area contributed by atoms with Gasteiger partial charge in [-0.1, -0.05) is 31.1 Å². The SMILES string of the molecule is C=CCCCCCC(O)c1ccc(N)cc1. The molecular formula is C14H21NO. The van der Waals surface area contributed by atoms with Crippen molar-refractivity contribution in [1.29, 1.82) is 0 Å². The van der Waals surface area contributed by atoms with E-state index in [4.69, 9.17) is 5.73 Å². The van der Waals surface area contributed by atoms with Gasteiger partial charge in [-0.3, -0.25) is 0 Å². The molecule has 3 N–H and O–H groups in total. The minimum atomic E-state index is -0.357. The smallest absolute Gasteiger partial charge is 0.0790 e. The third-order valence-electron chi connectivity index (χ3n) is 2.71. The summed E-state index contributed by atoms with van der Waals surface area (Å²) in [5.41, 5.74) is 7.29. The maximum Gasteiger partial charge on any atom is 0.0790 e. The second-order valence-electron chi connectivity index (χ2n) is 4.11. The van der Waals surface area contributed by atoms with Crippen molar-refractivity contribution in [2.75, 3.05) is 5.73 Å². The summed E-state index contributed by atoms with van der Waals surface area (Å²) in [6, 6.07) is 7.44. The van der Waals surface area contributed by atoms with Gasteiger partial charge in [0.25, 0.3) is 0 Å². The predicted molar refractivity (Wildman–Crippen MR) is 69.1 cm³/mol. The molecule has 0 aliphatic heterocycles. The molecular weight excluding hydrogens is 198 g/mol. The minimum Gasteiger partial charge on any atom is -0.399 e. The van der Waals surface area contributed by atoms with Crippen molar-refractivity contribution in [3.05, 3.63) is 42.5 Å². The van der Waals surface area contributed by atoms with Crippen molar-refractivity contribution < 1.29 is 5.11 Å². The second kappa shape index (κ2) is 7.07. The van der Waals surface area contributed by atoms with Gasteiger partial charge in [0.2, 0.25) is 0 Å². The average Bonchev–Trinajstić information content (AvgIpc) is 2.29. The molecule has 0 aromatic heterocycles. The molecule has 1 rings (SSSR count). The lowest BCUT2D eigenvalue weighted by Crippen LogP contribution is -1.97. The highest BCUT2D eigenvalue weighted by atomic mass is 16.3. The molecule has 2 nitrogen and oxygen atoms in total. The number of nitrogen functional groups attached to an aromatic ring is 1. The summed E-state index contributed by atoms with van der Waals surface area (Å²) in [5, 5.41) is 9.91. The molecule has 0 bridgehead atoms. The first-order valence-electron chi connectivity index (χ1n) is 5.88. The largest absolute Gasteiger partial charge is 0.399 e. The Kier molecular flexibility index (Phi) is 5.65. The number of rotatable bonds is 7. The van der Waals surface area contributed by atoms with Gasteiger partial charge in [0, 0.05) is 5.69 Å². The molecule has 0 fully saturated rings. The van der Waals surface area contributed by atoms with E-state index in [-0.39, 0.29) is 6.10 Å². The predicted octanol–water partition coefficient (Wildman–Crippen LogP) is 3.44. The lowest BCUT2D eigenvalue weighted by molar-refractivity contribution is 0.163. The Morgan fingerprint density at radius 3 is 2.50 bits per heavy atom. The van der Waals surface area contributed by atoms with Crippen LogP contribution in [-0.2, 0) is 0 Å². The van der Waals surface area contributed by atoms with Gasteiger partial charge in [-0.05, 0) is 37.0 Å². The summed E-state index contributed by atoms with van der Waals surface area (Å²) in [6.45, 7) is 3.69. The van der Waals surface area contributed by atoms with Crippen molar-refractivity contribution >= 4 is 5.69 Å². The van der Waals surface area contributed by atoms with E-state index in [1.807, 2.05) is 30.3 Å². The fraction of sp³-hybridized carbons (Fsp3) is 0.429. The van der Waals surface area contributed by atoms with E-state index in [2.05, 4.69) is 6.58 Å². The van der Waals surface area contributed by atoms with Crippen LogP contribution in [0.15, 0.2) is 36.9 Å². The molecule has 0 heterocycles. The van der Waals surface area contributed by atoms with Gasteiger partial charge in [-0.25, -0.2) is 0 Å². The van der Waals surface area contributed by atoms with Gasteiger partial charge in [-0.15, -0.1) is 6.58 Å². The van der Waals surface area contributed by atoms with Crippen LogP contribution in [0.1, 0.15) is 43.8 Å². The van der Waals surface area contributed by atoms with Crippen LogP contribution < -0.4 is 5.73 Å². The summed E-state index contributed by atoms with van der Waals surface area (Å²) < 4.78 is 0. The first-order valence-corrected chi connectivity index (χ1v) is 5.88. The summed E-state index contributed by atoms with van der Waals surface area (Å²) in [4.78, 5) is 0. The highest BCUT2D eigenvalue weighted by Crippen LogP contribution is 2.20. The zero-order valence-corrected chi connectivity index (χ0v) is 9.73. The van der Waals surface area contributed by atoms with Crippen LogP contribution in [0.25, 0.3) is 0 Å². The van der Waals surface area contributed by atoms with E-state index in [0.717, 1.165) is 43.4 Å². The van der Waals surface area contributed by atoms with E-state index >= 15 is 0 Å². The summed E-state index contributed by atoms with van der Waals surface area (Å²) in [6.07, 6.45) is 6.84. The fourth-order valence-electron chi connectivity index (χ4n) is 1.69. The van der Waals surface area contributed by atoms with Crippen molar-refractivity contribution in [1.82, 2.24) is 0 Å². The molecule has 0 spiro atoms. The summed E-state index contributed by atoms with van der Waals surface area (Å²) in [5.74, 6) is 0.